The van der Waals surface area contributed by atoms with Gasteiger partial charge in [-0.2, -0.15) is 0 Å². The Morgan fingerprint density at radius 2 is 2.00 bits per heavy atom. The summed E-state index contributed by atoms with van der Waals surface area (Å²) in [5.41, 5.74) is 7.19. The molecule has 1 aliphatic rings. The molecule has 3 N–H and O–H groups in total. The Hall–Kier alpha value is -0.580. The Morgan fingerprint density at radius 1 is 1.30 bits per heavy atom. The number of ether oxygens (including phenoxy) is 1. The molecule has 1 aliphatic carbocycles. The Morgan fingerprint density at radius 3 is 2.60 bits per heavy atom. The first-order valence-corrected chi connectivity index (χ1v) is 8.33. The largest absolute Gasteiger partial charge is 0.497 e. The summed E-state index contributed by atoms with van der Waals surface area (Å²) in [6.07, 6.45) is 7.92. The SMILES string of the molecule is COc1ccc(Br)c(C(CN)NC2CCCCCC2)c1. The van der Waals surface area contributed by atoms with E-state index in [1.165, 1.54) is 44.1 Å². The van der Waals surface area contributed by atoms with Gasteiger partial charge in [0.1, 0.15) is 5.75 Å². The van der Waals surface area contributed by atoms with Crippen molar-refractivity contribution in [3.05, 3.63) is 28.2 Å². The molecular formula is C16H25BrN2O. The van der Waals surface area contributed by atoms with Crippen LogP contribution >= 0.6 is 15.9 Å². The molecule has 0 bridgehead atoms. The van der Waals surface area contributed by atoms with Crippen molar-refractivity contribution in [2.24, 2.45) is 5.73 Å². The quantitative estimate of drug-likeness (QED) is 0.802. The molecule has 1 aromatic rings. The summed E-state index contributed by atoms with van der Waals surface area (Å²) in [7, 11) is 1.70. The number of rotatable bonds is 5. The molecule has 0 amide bonds. The van der Waals surface area contributed by atoms with Crippen molar-refractivity contribution in [2.45, 2.75) is 50.6 Å². The van der Waals surface area contributed by atoms with Crippen LogP contribution in [-0.2, 0) is 0 Å². The highest BCUT2D eigenvalue weighted by Crippen LogP contribution is 2.29. The lowest BCUT2D eigenvalue weighted by Crippen LogP contribution is -2.36. The number of methoxy groups -OCH3 is 1. The minimum atomic E-state index is 0.183. The van der Waals surface area contributed by atoms with Gasteiger partial charge in [0.05, 0.1) is 7.11 Å². The predicted molar refractivity (Wildman–Crippen MR) is 87.1 cm³/mol. The third kappa shape index (κ3) is 4.21. The smallest absolute Gasteiger partial charge is 0.119 e. The summed E-state index contributed by atoms with van der Waals surface area (Å²) in [5.74, 6) is 0.879. The molecule has 4 heteroatoms. The van der Waals surface area contributed by atoms with E-state index < -0.39 is 0 Å². The predicted octanol–water partition coefficient (Wildman–Crippen LogP) is 3.77. The molecule has 0 heterocycles. The van der Waals surface area contributed by atoms with Gasteiger partial charge in [-0.1, -0.05) is 41.6 Å². The van der Waals surface area contributed by atoms with Crippen LogP contribution in [0.2, 0.25) is 0 Å². The van der Waals surface area contributed by atoms with Crippen molar-refractivity contribution < 1.29 is 4.74 Å². The van der Waals surface area contributed by atoms with Gasteiger partial charge in [-0.3, -0.25) is 0 Å². The summed E-state index contributed by atoms with van der Waals surface area (Å²) in [4.78, 5) is 0. The zero-order chi connectivity index (χ0) is 14.4. The second kappa shape index (κ2) is 8.01. The molecule has 20 heavy (non-hydrogen) atoms. The third-order valence-electron chi connectivity index (χ3n) is 4.11. The van der Waals surface area contributed by atoms with E-state index in [4.69, 9.17) is 10.5 Å². The molecule has 1 unspecified atom stereocenters. The van der Waals surface area contributed by atoms with E-state index in [0.29, 0.717) is 12.6 Å². The molecule has 1 fully saturated rings. The van der Waals surface area contributed by atoms with Crippen LogP contribution in [0.15, 0.2) is 22.7 Å². The zero-order valence-corrected chi connectivity index (χ0v) is 13.8. The van der Waals surface area contributed by atoms with Gasteiger partial charge in [-0.25, -0.2) is 0 Å². The molecule has 2 rings (SSSR count). The van der Waals surface area contributed by atoms with Crippen molar-refractivity contribution in [1.82, 2.24) is 5.32 Å². The lowest BCUT2D eigenvalue weighted by atomic mass is 10.0. The molecule has 1 atom stereocenters. The van der Waals surface area contributed by atoms with Crippen LogP contribution in [0.3, 0.4) is 0 Å². The van der Waals surface area contributed by atoms with Gasteiger partial charge in [0.25, 0.3) is 0 Å². The minimum Gasteiger partial charge on any atom is -0.497 e. The highest BCUT2D eigenvalue weighted by Gasteiger charge is 2.19. The highest BCUT2D eigenvalue weighted by molar-refractivity contribution is 9.10. The fourth-order valence-corrected chi connectivity index (χ4v) is 3.45. The van der Waals surface area contributed by atoms with Crippen LogP contribution in [0.5, 0.6) is 5.75 Å². The minimum absolute atomic E-state index is 0.183. The number of halogens is 1. The van der Waals surface area contributed by atoms with Gasteiger partial charge in [0, 0.05) is 23.1 Å². The maximum Gasteiger partial charge on any atom is 0.119 e. The van der Waals surface area contributed by atoms with Crippen molar-refractivity contribution in [1.29, 1.82) is 0 Å². The van der Waals surface area contributed by atoms with Crippen LogP contribution < -0.4 is 15.8 Å². The number of hydrogen-bond donors (Lipinski definition) is 2. The van der Waals surface area contributed by atoms with E-state index in [9.17, 15) is 0 Å². The molecule has 0 spiro atoms. The first kappa shape index (κ1) is 15.8. The van der Waals surface area contributed by atoms with E-state index in [-0.39, 0.29) is 6.04 Å². The van der Waals surface area contributed by atoms with E-state index in [1.807, 2.05) is 12.1 Å². The molecule has 112 valence electrons. The Labute approximate surface area is 130 Å². The zero-order valence-electron chi connectivity index (χ0n) is 12.2. The normalized spacial score (nSPS) is 18.6. The molecule has 0 saturated heterocycles. The van der Waals surface area contributed by atoms with E-state index in [0.717, 1.165) is 10.2 Å². The Balaban J connectivity index is 2.10. The van der Waals surface area contributed by atoms with Crippen LogP contribution in [0.1, 0.15) is 50.1 Å². The van der Waals surface area contributed by atoms with Crippen LogP contribution in [0.25, 0.3) is 0 Å². The van der Waals surface area contributed by atoms with Crippen molar-refractivity contribution in [3.63, 3.8) is 0 Å². The topological polar surface area (TPSA) is 47.3 Å². The first-order chi connectivity index (χ1) is 9.74. The number of nitrogens with two attached hydrogens (primary N) is 1. The van der Waals surface area contributed by atoms with Crippen molar-refractivity contribution >= 4 is 15.9 Å². The second-order valence-corrected chi connectivity index (χ2v) is 6.39. The first-order valence-electron chi connectivity index (χ1n) is 7.54. The summed E-state index contributed by atoms with van der Waals surface area (Å²) < 4.78 is 6.42. The molecular weight excluding hydrogens is 316 g/mol. The second-order valence-electron chi connectivity index (χ2n) is 5.53. The standard InChI is InChI=1S/C16H25BrN2O/c1-20-13-8-9-15(17)14(10-13)16(11-18)19-12-6-4-2-3-5-7-12/h8-10,12,16,19H,2-7,11,18H2,1H3. The maximum atomic E-state index is 6.00. The van der Waals surface area contributed by atoms with E-state index in [2.05, 4.69) is 27.3 Å². The summed E-state index contributed by atoms with van der Waals surface area (Å²) in [6.45, 7) is 0.599. The van der Waals surface area contributed by atoms with Gasteiger partial charge in [-0.05, 0) is 36.6 Å². The van der Waals surface area contributed by atoms with Gasteiger partial charge in [-0.15, -0.1) is 0 Å². The monoisotopic (exact) mass is 340 g/mol. The molecule has 0 radical (unpaired) electrons. The Kier molecular flexibility index (Phi) is 6.33. The summed E-state index contributed by atoms with van der Waals surface area (Å²) >= 11 is 3.63. The van der Waals surface area contributed by atoms with Gasteiger partial charge < -0.3 is 15.8 Å². The molecule has 0 aromatic heterocycles. The lowest BCUT2D eigenvalue weighted by Gasteiger charge is -2.25. The Bertz CT molecular complexity index is 417. The van der Waals surface area contributed by atoms with E-state index in [1.54, 1.807) is 7.11 Å². The summed E-state index contributed by atoms with van der Waals surface area (Å²) in [5, 5.41) is 3.74. The lowest BCUT2D eigenvalue weighted by molar-refractivity contribution is 0.395. The maximum absolute atomic E-state index is 6.00. The number of benzene rings is 1. The van der Waals surface area contributed by atoms with Gasteiger partial charge in [0.2, 0.25) is 0 Å². The number of nitrogens with one attached hydrogen (secondary N) is 1. The van der Waals surface area contributed by atoms with E-state index >= 15 is 0 Å². The fraction of sp³-hybridized carbons (Fsp3) is 0.625. The summed E-state index contributed by atoms with van der Waals surface area (Å²) in [6, 6.07) is 6.84. The van der Waals surface area contributed by atoms with Crippen molar-refractivity contribution in [3.8, 4) is 5.75 Å². The van der Waals surface area contributed by atoms with Crippen LogP contribution in [-0.4, -0.2) is 19.7 Å². The molecule has 3 nitrogen and oxygen atoms in total. The average Bonchev–Trinajstić information content (AvgIpc) is 2.74. The highest BCUT2D eigenvalue weighted by atomic mass is 79.9. The van der Waals surface area contributed by atoms with Crippen LogP contribution in [0, 0.1) is 0 Å². The third-order valence-corrected chi connectivity index (χ3v) is 4.83. The molecule has 1 saturated carbocycles. The van der Waals surface area contributed by atoms with Crippen molar-refractivity contribution in [2.75, 3.05) is 13.7 Å². The molecule has 0 aliphatic heterocycles. The number of hydrogen-bond acceptors (Lipinski definition) is 3. The van der Waals surface area contributed by atoms with Gasteiger partial charge in [0.15, 0.2) is 0 Å². The molecule has 1 aromatic carbocycles. The fourth-order valence-electron chi connectivity index (χ4n) is 2.93. The van der Waals surface area contributed by atoms with Gasteiger partial charge >= 0.3 is 0 Å². The average molecular weight is 341 g/mol. The van der Waals surface area contributed by atoms with Crippen LogP contribution in [0.4, 0.5) is 0 Å².